The van der Waals surface area contributed by atoms with Gasteiger partial charge in [0.15, 0.2) is 0 Å². The fourth-order valence-corrected chi connectivity index (χ4v) is 3.00. The first-order valence-corrected chi connectivity index (χ1v) is 6.76. The molecule has 2 saturated heterocycles. The van der Waals surface area contributed by atoms with Crippen LogP contribution in [-0.4, -0.2) is 33.4 Å². The van der Waals surface area contributed by atoms with Gasteiger partial charge < -0.3 is 14.8 Å². The number of rotatable bonds is 4. The molecule has 2 fully saturated rings. The number of ether oxygens (including phenoxy) is 2. The molecule has 0 amide bonds. The van der Waals surface area contributed by atoms with Crippen LogP contribution in [0.15, 0.2) is 18.2 Å². The highest BCUT2D eigenvalue weighted by atomic mass is 16.5. The first-order valence-electron chi connectivity index (χ1n) is 6.76. The Labute approximate surface area is 108 Å². The summed E-state index contributed by atoms with van der Waals surface area (Å²) in [6, 6.07) is 6.65. The predicted molar refractivity (Wildman–Crippen MR) is 71.2 cm³/mol. The van der Waals surface area contributed by atoms with E-state index in [0.717, 1.165) is 44.4 Å². The van der Waals surface area contributed by atoms with Gasteiger partial charge in [-0.25, -0.2) is 0 Å². The molecule has 2 aliphatic rings. The van der Waals surface area contributed by atoms with E-state index in [-0.39, 0.29) is 5.41 Å². The summed E-state index contributed by atoms with van der Waals surface area (Å²) < 4.78 is 10.9. The summed E-state index contributed by atoms with van der Waals surface area (Å²) in [7, 11) is 1.74. The molecule has 0 aromatic heterocycles. The monoisotopic (exact) mass is 247 g/mol. The Morgan fingerprint density at radius 1 is 1.39 bits per heavy atom. The van der Waals surface area contributed by atoms with Crippen molar-refractivity contribution in [2.75, 3.05) is 33.4 Å². The van der Waals surface area contributed by atoms with Gasteiger partial charge in [0.1, 0.15) is 5.75 Å². The lowest BCUT2D eigenvalue weighted by Crippen LogP contribution is -2.62. The largest absolute Gasteiger partial charge is 0.496 e. The van der Waals surface area contributed by atoms with Crippen molar-refractivity contribution >= 4 is 0 Å². The van der Waals surface area contributed by atoms with Gasteiger partial charge in [0.25, 0.3) is 0 Å². The third kappa shape index (κ3) is 1.65. The highest BCUT2D eigenvalue weighted by molar-refractivity contribution is 5.42. The molecule has 3 rings (SSSR count). The highest BCUT2D eigenvalue weighted by Crippen LogP contribution is 2.42. The Morgan fingerprint density at radius 2 is 2.17 bits per heavy atom. The van der Waals surface area contributed by atoms with E-state index in [1.807, 2.05) is 0 Å². The van der Waals surface area contributed by atoms with Crippen molar-refractivity contribution in [1.82, 2.24) is 5.32 Å². The number of hydrogen-bond donors (Lipinski definition) is 1. The second-order valence-corrected chi connectivity index (χ2v) is 5.38. The van der Waals surface area contributed by atoms with Crippen LogP contribution in [0.3, 0.4) is 0 Å². The molecule has 0 saturated carbocycles. The van der Waals surface area contributed by atoms with Gasteiger partial charge in [-0.2, -0.15) is 0 Å². The fraction of sp³-hybridized carbons (Fsp3) is 0.600. The SMILES string of the molecule is CCc1cc(C2(C3CNC3)COC2)ccc1OC. The van der Waals surface area contributed by atoms with Crippen molar-refractivity contribution in [2.24, 2.45) is 5.92 Å². The van der Waals surface area contributed by atoms with Gasteiger partial charge in [-0.1, -0.05) is 19.1 Å². The van der Waals surface area contributed by atoms with Crippen molar-refractivity contribution in [1.29, 1.82) is 0 Å². The number of hydrogen-bond acceptors (Lipinski definition) is 3. The summed E-state index contributed by atoms with van der Waals surface area (Å²) in [5, 5.41) is 3.38. The average Bonchev–Trinajstić information content (AvgIpc) is 2.30. The lowest BCUT2D eigenvalue weighted by molar-refractivity contribution is -0.101. The van der Waals surface area contributed by atoms with E-state index in [4.69, 9.17) is 9.47 Å². The maximum Gasteiger partial charge on any atom is 0.122 e. The summed E-state index contributed by atoms with van der Waals surface area (Å²) in [5.74, 6) is 1.73. The maximum atomic E-state index is 5.52. The molecule has 0 bridgehead atoms. The summed E-state index contributed by atoms with van der Waals surface area (Å²) in [4.78, 5) is 0. The predicted octanol–water partition coefficient (Wildman–Crippen LogP) is 1.74. The van der Waals surface area contributed by atoms with E-state index in [9.17, 15) is 0 Å². The van der Waals surface area contributed by atoms with E-state index in [2.05, 4.69) is 30.4 Å². The van der Waals surface area contributed by atoms with Crippen LogP contribution in [0.5, 0.6) is 5.75 Å². The summed E-state index contributed by atoms with van der Waals surface area (Å²) in [6.07, 6.45) is 1.01. The molecule has 18 heavy (non-hydrogen) atoms. The fourth-order valence-electron chi connectivity index (χ4n) is 3.00. The molecule has 3 nitrogen and oxygen atoms in total. The van der Waals surface area contributed by atoms with Crippen LogP contribution in [0.4, 0.5) is 0 Å². The average molecular weight is 247 g/mol. The van der Waals surface area contributed by atoms with Crippen LogP contribution in [-0.2, 0) is 16.6 Å². The summed E-state index contributed by atoms with van der Waals surface area (Å²) in [5.41, 5.74) is 2.98. The smallest absolute Gasteiger partial charge is 0.122 e. The van der Waals surface area contributed by atoms with Gasteiger partial charge in [0.05, 0.1) is 20.3 Å². The third-order valence-corrected chi connectivity index (χ3v) is 4.52. The van der Waals surface area contributed by atoms with Crippen LogP contribution >= 0.6 is 0 Å². The van der Waals surface area contributed by atoms with E-state index in [0.29, 0.717) is 0 Å². The number of aryl methyl sites for hydroxylation is 1. The van der Waals surface area contributed by atoms with Gasteiger partial charge in [0, 0.05) is 18.5 Å². The normalized spacial score (nSPS) is 22.1. The molecule has 0 atom stereocenters. The van der Waals surface area contributed by atoms with Gasteiger partial charge in [-0.3, -0.25) is 0 Å². The second-order valence-electron chi connectivity index (χ2n) is 5.38. The van der Waals surface area contributed by atoms with Crippen molar-refractivity contribution < 1.29 is 9.47 Å². The Morgan fingerprint density at radius 3 is 2.61 bits per heavy atom. The first-order chi connectivity index (χ1) is 8.80. The zero-order valence-corrected chi connectivity index (χ0v) is 11.2. The molecule has 2 aliphatic heterocycles. The molecule has 2 heterocycles. The topological polar surface area (TPSA) is 30.5 Å². The van der Waals surface area contributed by atoms with Crippen LogP contribution in [0.25, 0.3) is 0 Å². The van der Waals surface area contributed by atoms with Gasteiger partial charge >= 0.3 is 0 Å². The van der Waals surface area contributed by atoms with E-state index in [1.165, 1.54) is 11.1 Å². The van der Waals surface area contributed by atoms with Crippen LogP contribution in [0.1, 0.15) is 18.1 Å². The highest BCUT2D eigenvalue weighted by Gasteiger charge is 2.49. The Kier molecular flexibility index (Phi) is 3.04. The number of methoxy groups -OCH3 is 1. The Hall–Kier alpha value is -1.06. The third-order valence-electron chi connectivity index (χ3n) is 4.52. The Balaban J connectivity index is 1.95. The van der Waals surface area contributed by atoms with Gasteiger partial charge in [-0.15, -0.1) is 0 Å². The lowest BCUT2D eigenvalue weighted by Gasteiger charge is -2.51. The zero-order chi connectivity index (χ0) is 12.6. The molecule has 98 valence electrons. The molecule has 1 aromatic carbocycles. The minimum Gasteiger partial charge on any atom is -0.496 e. The second kappa shape index (κ2) is 4.56. The molecule has 1 N–H and O–H groups in total. The van der Waals surface area contributed by atoms with Crippen LogP contribution < -0.4 is 10.1 Å². The molecule has 1 aromatic rings. The number of benzene rings is 1. The summed E-state index contributed by atoms with van der Waals surface area (Å²) >= 11 is 0. The standard InChI is InChI=1S/C15H21NO2/c1-3-11-6-12(4-5-14(11)17-2)15(9-18-10-15)13-7-16-8-13/h4-6,13,16H,3,7-10H2,1-2H3. The van der Waals surface area contributed by atoms with Crippen LogP contribution in [0, 0.1) is 5.92 Å². The Bertz CT molecular complexity index is 436. The molecule has 0 spiro atoms. The zero-order valence-electron chi connectivity index (χ0n) is 11.2. The molecule has 0 unspecified atom stereocenters. The summed E-state index contributed by atoms with van der Waals surface area (Å²) in [6.45, 7) is 6.16. The van der Waals surface area contributed by atoms with Gasteiger partial charge in [-0.05, 0) is 29.5 Å². The van der Waals surface area contributed by atoms with Crippen molar-refractivity contribution in [3.8, 4) is 5.75 Å². The van der Waals surface area contributed by atoms with E-state index < -0.39 is 0 Å². The molecule has 0 radical (unpaired) electrons. The molecule has 3 heteroatoms. The van der Waals surface area contributed by atoms with E-state index in [1.54, 1.807) is 7.11 Å². The first kappa shape index (κ1) is 12.0. The van der Waals surface area contributed by atoms with Crippen molar-refractivity contribution in [2.45, 2.75) is 18.8 Å². The van der Waals surface area contributed by atoms with Gasteiger partial charge in [0.2, 0.25) is 0 Å². The lowest BCUT2D eigenvalue weighted by atomic mass is 9.66. The number of nitrogens with one attached hydrogen (secondary N) is 1. The maximum absolute atomic E-state index is 5.52. The van der Waals surface area contributed by atoms with Crippen LogP contribution in [0.2, 0.25) is 0 Å². The molecule has 0 aliphatic carbocycles. The van der Waals surface area contributed by atoms with Crippen molar-refractivity contribution in [3.63, 3.8) is 0 Å². The van der Waals surface area contributed by atoms with E-state index >= 15 is 0 Å². The minimum absolute atomic E-state index is 0.251. The molecular weight excluding hydrogens is 226 g/mol. The molecular formula is C15H21NO2. The van der Waals surface area contributed by atoms with Crippen molar-refractivity contribution in [3.05, 3.63) is 29.3 Å². The minimum atomic E-state index is 0.251. The quantitative estimate of drug-likeness (QED) is 0.879.